The molecule has 0 amide bonds. The van der Waals surface area contributed by atoms with Gasteiger partial charge in [0.2, 0.25) is 0 Å². The number of halogens is 2. The Morgan fingerprint density at radius 2 is 1.95 bits per heavy atom. The van der Waals surface area contributed by atoms with Crippen LogP contribution in [0.5, 0.6) is 0 Å². The summed E-state index contributed by atoms with van der Waals surface area (Å²) in [5, 5.41) is 0.0860. The third-order valence-electron chi connectivity index (χ3n) is 3.85. The molecular formula is C15H16ClFN4. The van der Waals surface area contributed by atoms with E-state index in [-0.39, 0.29) is 5.02 Å². The number of nitrogens with two attached hydrogens (primary N) is 1. The summed E-state index contributed by atoms with van der Waals surface area (Å²) in [6.45, 7) is 0. The number of nitrogens with one attached hydrogen (secondary N) is 1. The van der Waals surface area contributed by atoms with Crippen LogP contribution < -0.4 is 11.3 Å². The Kier molecular flexibility index (Phi) is 4.03. The largest absolute Gasteiger partial charge is 0.308 e. The van der Waals surface area contributed by atoms with Gasteiger partial charge in [0.1, 0.15) is 11.6 Å². The Hall–Kier alpha value is -1.72. The average molecular weight is 307 g/mol. The highest BCUT2D eigenvalue weighted by Gasteiger charge is 2.20. The molecule has 0 unspecified atom stereocenters. The Balaban J connectivity index is 2.04. The number of rotatable bonds is 3. The van der Waals surface area contributed by atoms with Gasteiger partial charge in [0.15, 0.2) is 5.82 Å². The van der Waals surface area contributed by atoms with E-state index in [0.717, 1.165) is 18.5 Å². The molecule has 1 aromatic carbocycles. The van der Waals surface area contributed by atoms with E-state index >= 15 is 0 Å². The van der Waals surface area contributed by atoms with Crippen molar-refractivity contribution in [3.05, 3.63) is 40.8 Å². The Labute approximate surface area is 127 Å². The molecule has 21 heavy (non-hydrogen) atoms. The number of hydrazine groups is 1. The van der Waals surface area contributed by atoms with Gasteiger partial charge >= 0.3 is 0 Å². The molecule has 1 aromatic heterocycles. The van der Waals surface area contributed by atoms with Crippen molar-refractivity contribution in [3.8, 4) is 11.4 Å². The predicted molar refractivity (Wildman–Crippen MR) is 81.5 cm³/mol. The fourth-order valence-electron chi connectivity index (χ4n) is 2.73. The second-order valence-corrected chi connectivity index (χ2v) is 5.66. The van der Waals surface area contributed by atoms with Gasteiger partial charge in [0.05, 0.1) is 5.02 Å². The third kappa shape index (κ3) is 2.99. The lowest BCUT2D eigenvalue weighted by Gasteiger charge is -2.12. The summed E-state index contributed by atoms with van der Waals surface area (Å²) >= 11 is 5.71. The molecule has 4 nitrogen and oxygen atoms in total. The van der Waals surface area contributed by atoms with Crippen molar-refractivity contribution in [2.45, 2.75) is 31.6 Å². The lowest BCUT2D eigenvalue weighted by atomic mass is 10.0. The average Bonchev–Trinajstić information content (AvgIpc) is 3.04. The Morgan fingerprint density at radius 1 is 1.19 bits per heavy atom. The molecule has 1 fully saturated rings. The van der Waals surface area contributed by atoms with Gasteiger partial charge in [-0.05, 0) is 31.0 Å². The van der Waals surface area contributed by atoms with Crippen molar-refractivity contribution in [2.75, 3.05) is 5.43 Å². The molecule has 1 saturated carbocycles. The lowest BCUT2D eigenvalue weighted by Crippen LogP contribution is -2.11. The van der Waals surface area contributed by atoms with Crippen molar-refractivity contribution in [3.63, 3.8) is 0 Å². The van der Waals surface area contributed by atoms with Gasteiger partial charge in [0, 0.05) is 23.2 Å². The number of aromatic nitrogens is 2. The summed E-state index contributed by atoms with van der Waals surface area (Å²) < 4.78 is 13.6. The molecule has 0 bridgehead atoms. The van der Waals surface area contributed by atoms with Crippen molar-refractivity contribution in [1.29, 1.82) is 0 Å². The first-order chi connectivity index (χ1) is 10.2. The minimum atomic E-state index is -0.480. The maximum absolute atomic E-state index is 13.6. The molecule has 1 heterocycles. The summed E-state index contributed by atoms with van der Waals surface area (Å²) in [6.07, 6.45) is 4.67. The van der Waals surface area contributed by atoms with Crippen LogP contribution in [-0.4, -0.2) is 9.97 Å². The first-order valence-electron chi connectivity index (χ1n) is 6.98. The highest BCUT2D eigenvalue weighted by atomic mass is 35.5. The van der Waals surface area contributed by atoms with Gasteiger partial charge in [-0.1, -0.05) is 24.4 Å². The fourth-order valence-corrected chi connectivity index (χ4v) is 2.85. The third-order valence-corrected chi connectivity index (χ3v) is 4.15. The molecule has 1 aliphatic carbocycles. The van der Waals surface area contributed by atoms with E-state index in [1.807, 2.05) is 6.07 Å². The van der Waals surface area contributed by atoms with Gasteiger partial charge in [-0.25, -0.2) is 20.2 Å². The topological polar surface area (TPSA) is 63.8 Å². The SMILES string of the molecule is NNc1cc(C2CCCC2)nc(-c2ccc(Cl)c(F)c2)n1. The molecule has 0 spiro atoms. The molecule has 2 aromatic rings. The number of anilines is 1. The fraction of sp³-hybridized carbons (Fsp3) is 0.333. The van der Waals surface area contributed by atoms with Crippen molar-refractivity contribution in [1.82, 2.24) is 9.97 Å². The molecule has 1 aliphatic rings. The van der Waals surface area contributed by atoms with Crippen molar-refractivity contribution >= 4 is 17.4 Å². The van der Waals surface area contributed by atoms with Crippen molar-refractivity contribution < 1.29 is 4.39 Å². The summed E-state index contributed by atoms with van der Waals surface area (Å²) in [5.74, 6) is 6.43. The van der Waals surface area contributed by atoms with Gasteiger partial charge < -0.3 is 5.43 Å². The van der Waals surface area contributed by atoms with Crippen LogP contribution >= 0.6 is 11.6 Å². The zero-order chi connectivity index (χ0) is 14.8. The molecule has 3 rings (SSSR count). The number of hydrogen-bond acceptors (Lipinski definition) is 4. The lowest BCUT2D eigenvalue weighted by molar-refractivity contribution is 0.628. The van der Waals surface area contributed by atoms with Crippen LogP contribution in [0.25, 0.3) is 11.4 Å². The van der Waals surface area contributed by atoms with Gasteiger partial charge in [-0.15, -0.1) is 0 Å². The van der Waals surface area contributed by atoms with E-state index in [1.165, 1.54) is 25.0 Å². The van der Waals surface area contributed by atoms with Gasteiger partial charge in [0.25, 0.3) is 0 Å². The summed E-state index contributed by atoms with van der Waals surface area (Å²) in [7, 11) is 0. The summed E-state index contributed by atoms with van der Waals surface area (Å²) in [6, 6.07) is 6.43. The monoisotopic (exact) mass is 306 g/mol. The molecule has 110 valence electrons. The molecule has 0 aliphatic heterocycles. The number of benzene rings is 1. The van der Waals surface area contributed by atoms with Gasteiger partial charge in [-0.3, -0.25) is 0 Å². The van der Waals surface area contributed by atoms with E-state index < -0.39 is 5.82 Å². The van der Waals surface area contributed by atoms with Crippen LogP contribution in [0, 0.1) is 5.82 Å². The van der Waals surface area contributed by atoms with Crippen LogP contribution in [0.2, 0.25) is 5.02 Å². The van der Waals surface area contributed by atoms with Crippen LogP contribution in [0.1, 0.15) is 37.3 Å². The van der Waals surface area contributed by atoms with E-state index in [2.05, 4.69) is 15.4 Å². The zero-order valence-corrected chi connectivity index (χ0v) is 12.2. The van der Waals surface area contributed by atoms with Crippen LogP contribution in [0.4, 0.5) is 10.2 Å². The molecule has 3 N–H and O–H groups in total. The number of nitrogen functional groups attached to an aromatic ring is 1. The van der Waals surface area contributed by atoms with Crippen LogP contribution in [0.3, 0.4) is 0 Å². The Bertz CT molecular complexity index is 656. The predicted octanol–water partition coefficient (Wildman–Crippen LogP) is 3.88. The minimum Gasteiger partial charge on any atom is -0.308 e. The Morgan fingerprint density at radius 3 is 2.62 bits per heavy atom. The summed E-state index contributed by atoms with van der Waals surface area (Å²) in [4.78, 5) is 8.90. The highest BCUT2D eigenvalue weighted by molar-refractivity contribution is 6.30. The van der Waals surface area contributed by atoms with E-state index in [0.29, 0.717) is 23.1 Å². The minimum absolute atomic E-state index is 0.0860. The van der Waals surface area contributed by atoms with Gasteiger partial charge in [-0.2, -0.15) is 0 Å². The summed E-state index contributed by atoms with van der Waals surface area (Å²) in [5.41, 5.74) is 4.11. The molecule has 0 radical (unpaired) electrons. The second-order valence-electron chi connectivity index (χ2n) is 5.26. The normalized spacial score (nSPS) is 15.4. The smallest absolute Gasteiger partial charge is 0.161 e. The number of hydrogen-bond donors (Lipinski definition) is 2. The van der Waals surface area contributed by atoms with E-state index in [9.17, 15) is 4.39 Å². The first kappa shape index (κ1) is 14.2. The molecular weight excluding hydrogens is 291 g/mol. The van der Waals surface area contributed by atoms with E-state index in [1.54, 1.807) is 6.07 Å². The highest BCUT2D eigenvalue weighted by Crippen LogP contribution is 2.34. The molecule has 0 saturated heterocycles. The standard InChI is InChI=1S/C15H16ClFN4/c16-11-6-5-10(7-12(11)17)15-19-13(8-14(20-15)21-18)9-3-1-2-4-9/h5-9H,1-4,18H2,(H,19,20,21). The van der Waals surface area contributed by atoms with Crippen LogP contribution in [0.15, 0.2) is 24.3 Å². The maximum atomic E-state index is 13.6. The quantitative estimate of drug-likeness (QED) is 0.667. The van der Waals surface area contributed by atoms with E-state index in [4.69, 9.17) is 17.4 Å². The first-order valence-corrected chi connectivity index (χ1v) is 7.36. The van der Waals surface area contributed by atoms with Crippen LogP contribution in [-0.2, 0) is 0 Å². The zero-order valence-electron chi connectivity index (χ0n) is 11.4. The second kappa shape index (κ2) is 5.95. The molecule has 0 atom stereocenters. The van der Waals surface area contributed by atoms with Crippen molar-refractivity contribution in [2.24, 2.45) is 5.84 Å². The molecule has 6 heteroatoms. The maximum Gasteiger partial charge on any atom is 0.161 e. The number of nitrogens with zero attached hydrogens (tertiary/aromatic N) is 2.